The first kappa shape index (κ1) is 21.5. The van der Waals surface area contributed by atoms with Gasteiger partial charge in [0.05, 0.1) is 25.3 Å². The standard InChI is InChI=1S/C21H26N2O4S/c1-5-26-20(24)16-10-11-17(14(2)12-16)23-21(28)22-15(3)13-27-19-9-7-6-8-18(19)25-4/h6-12,15H,5,13H2,1-4H3,(H2,22,23,28)/t15-/m1/s1. The van der Waals surface area contributed by atoms with E-state index in [0.29, 0.717) is 35.4 Å². The van der Waals surface area contributed by atoms with Gasteiger partial charge in [0.1, 0.15) is 6.61 Å². The van der Waals surface area contributed by atoms with Crippen molar-refractivity contribution in [1.29, 1.82) is 0 Å². The van der Waals surface area contributed by atoms with Gasteiger partial charge in [0, 0.05) is 5.69 Å². The van der Waals surface area contributed by atoms with E-state index in [4.69, 9.17) is 26.4 Å². The summed E-state index contributed by atoms with van der Waals surface area (Å²) in [6.45, 7) is 6.43. The van der Waals surface area contributed by atoms with Crippen LogP contribution in [0, 0.1) is 6.92 Å². The Balaban J connectivity index is 1.88. The van der Waals surface area contributed by atoms with E-state index in [1.807, 2.05) is 44.2 Å². The van der Waals surface area contributed by atoms with Crippen LogP contribution in [0.15, 0.2) is 42.5 Å². The second-order valence-electron chi connectivity index (χ2n) is 6.21. The fraction of sp³-hybridized carbons (Fsp3) is 0.333. The first-order chi connectivity index (χ1) is 13.4. The Kier molecular flexibility index (Phi) is 8.07. The van der Waals surface area contributed by atoms with Crippen LogP contribution in [0.5, 0.6) is 11.5 Å². The summed E-state index contributed by atoms with van der Waals surface area (Å²) in [6, 6.07) is 12.8. The molecule has 0 saturated carbocycles. The van der Waals surface area contributed by atoms with Crippen molar-refractivity contribution in [2.24, 2.45) is 0 Å². The molecule has 1 atom stereocenters. The summed E-state index contributed by atoms with van der Waals surface area (Å²) in [4.78, 5) is 11.8. The van der Waals surface area contributed by atoms with E-state index in [1.165, 1.54) is 0 Å². The van der Waals surface area contributed by atoms with Crippen LogP contribution in [0.1, 0.15) is 29.8 Å². The molecule has 0 aliphatic rings. The number of hydrogen-bond acceptors (Lipinski definition) is 5. The highest BCUT2D eigenvalue weighted by atomic mass is 32.1. The highest BCUT2D eigenvalue weighted by molar-refractivity contribution is 7.80. The number of methoxy groups -OCH3 is 1. The molecule has 28 heavy (non-hydrogen) atoms. The van der Waals surface area contributed by atoms with E-state index in [-0.39, 0.29) is 12.0 Å². The third kappa shape index (κ3) is 6.13. The molecule has 150 valence electrons. The number of carbonyl (C=O) groups excluding carboxylic acids is 1. The predicted molar refractivity (Wildman–Crippen MR) is 114 cm³/mol. The molecule has 2 rings (SSSR count). The Morgan fingerprint density at radius 2 is 1.89 bits per heavy atom. The normalized spacial score (nSPS) is 11.3. The maximum Gasteiger partial charge on any atom is 0.338 e. The largest absolute Gasteiger partial charge is 0.493 e. The molecule has 0 saturated heterocycles. The van der Waals surface area contributed by atoms with Crippen molar-refractivity contribution >= 4 is 29.0 Å². The fourth-order valence-corrected chi connectivity index (χ4v) is 2.83. The average Bonchev–Trinajstić information content (AvgIpc) is 2.68. The molecular formula is C21H26N2O4S. The van der Waals surface area contributed by atoms with E-state index >= 15 is 0 Å². The molecule has 0 fully saturated rings. The molecule has 0 heterocycles. The molecular weight excluding hydrogens is 376 g/mol. The minimum absolute atomic E-state index is 0.0241. The van der Waals surface area contributed by atoms with Gasteiger partial charge in [-0.3, -0.25) is 0 Å². The van der Waals surface area contributed by atoms with Crippen LogP contribution in [0.25, 0.3) is 0 Å². The van der Waals surface area contributed by atoms with Crippen molar-refractivity contribution < 1.29 is 19.0 Å². The van der Waals surface area contributed by atoms with Crippen LogP contribution in [0.4, 0.5) is 5.69 Å². The number of benzene rings is 2. The van der Waals surface area contributed by atoms with E-state index in [9.17, 15) is 4.79 Å². The second kappa shape index (κ2) is 10.5. The fourth-order valence-electron chi connectivity index (χ4n) is 2.52. The molecule has 0 aromatic heterocycles. The molecule has 0 radical (unpaired) electrons. The highest BCUT2D eigenvalue weighted by Crippen LogP contribution is 2.25. The molecule has 7 heteroatoms. The zero-order chi connectivity index (χ0) is 20.5. The molecule has 0 aliphatic heterocycles. The second-order valence-corrected chi connectivity index (χ2v) is 6.62. The van der Waals surface area contributed by atoms with Crippen molar-refractivity contribution in [3.05, 3.63) is 53.6 Å². The van der Waals surface area contributed by atoms with E-state index < -0.39 is 0 Å². The Labute approximate surface area is 171 Å². The van der Waals surface area contributed by atoms with E-state index in [2.05, 4.69) is 10.6 Å². The number of rotatable bonds is 8. The summed E-state index contributed by atoms with van der Waals surface area (Å²) in [7, 11) is 1.61. The number of nitrogens with one attached hydrogen (secondary N) is 2. The van der Waals surface area contributed by atoms with Crippen LogP contribution in [0.2, 0.25) is 0 Å². The third-order valence-electron chi connectivity index (χ3n) is 3.92. The van der Waals surface area contributed by atoms with Crippen molar-refractivity contribution in [2.45, 2.75) is 26.8 Å². The summed E-state index contributed by atoms with van der Waals surface area (Å²) >= 11 is 5.38. The Hall–Kier alpha value is -2.80. The first-order valence-corrected chi connectivity index (χ1v) is 9.46. The molecule has 2 aromatic carbocycles. The van der Waals surface area contributed by atoms with Gasteiger partial charge in [0.25, 0.3) is 0 Å². The van der Waals surface area contributed by atoms with Crippen molar-refractivity contribution in [2.75, 3.05) is 25.6 Å². The van der Waals surface area contributed by atoms with Gasteiger partial charge in [-0.15, -0.1) is 0 Å². The number of esters is 1. The highest BCUT2D eigenvalue weighted by Gasteiger charge is 2.11. The van der Waals surface area contributed by atoms with Crippen LogP contribution in [-0.4, -0.2) is 37.4 Å². The molecule has 0 unspecified atom stereocenters. The van der Waals surface area contributed by atoms with Crippen LogP contribution in [-0.2, 0) is 4.74 Å². The summed E-state index contributed by atoms with van der Waals surface area (Å²) in [5.41, 5.74) is 2.23. The number of thiocarbonyl (C=S) groups is 1. The zero-order valence-corrected chi connectivity index (χ0v) is 17.4. The van der Waals surface area contributed by atoms with Crippen LogP contribution >= 0.6 is 12.2 Å². The lowest BCUT2D eigenvalue weighted by molar-refractivity contribution is 0.0526. The SMILES string of the molecule is CCOC(=O)c1ccc(NC(=S)N[C@H](C)COc2ccccc2OC)c(C)c1. The monoisotopic (exact) mass is 402 g/mol. The van der Waals surface area contributed by atoms with Gasteiger partial charge in [-0.1, -0.05) is 12.1 Å². The van der Waals surface area contributed by atoms with Crippen LogP contribution in [0.3, 0.4) is 0 Å². The Morgan fingerprint density at radius 3 is 2.54 bits per heavy atom. The summed E-state index contributed by atoms with van der Waals surface area (Å²) in [6.07, 6.45) is 0. The molecule has 0 amide bonds. The average molecular weight is 403 g/mol. The summed E-state index contributed by atoms with van der Waals surface area (Å²) in [5.74, 6) is 1.04. The third-order valence-corrected chi connectivity index (χ3v) is 4.14. The minimum Gasteiger partial charge on any atom is -0.493 e. The quantitative estimate of drug-likeness (QED) is 0.512. The maximum atomic E-state index is 11.8. The van der Waals surface area contributed by atoms with Crippen molar-refractivity contribution in [3.8, 4) is 11.5 Å². The van der Waals surface area contributed by atoms with Gasteiger partial charge in [0.2, 0.25) is 0 Å². The number of para-hydroxylation sites is 2. The lowest BCUT2D eigenvalue weighted by Crippen LogP contribution is -2.39. The van der Waals surface area contributed by atoms with Gasteiger partial charge < -0.3 is 24.8 Å². The lowest BCUT2D eigenvalue weighted by atomic mass is 10.1. The predicted octanol–water partition coefficient (Wildman–Crippen LogP) is 3.93. The van der Waals surface area contributed by atoms with Crippen molar-refractivity contribution in [1.82, 2.24) is 5.32 Å². The van der Waals surface area contributed by atoms with Gasteiger partial charge >= 0.3 is 5.97 Å². The summed E-state index contributed by atoms with van der Waals surface area (Å²) in [5, 5.41) is 6.81. The molecule has 0 spiro atoms. The van der Waals surface area contributed by atoms with Gasteiger partial charge in [-0.05, 0) is 68.9 Å². The number of aryl methyl sites for hydroxylation is 1. The smallest absolute Gasteiger partial charge is 0.338 e. The lowest BCUT2D eigenvalue weighted by Gasteiger charge is -2.19. The van der Waals surface area contributed by atoms with Crippen LogP contribution < -0.4 is 20.1 Å². The maximum absolute atomic E-state index is 11.8. The van der Waals surface area contributed by atoms with Gasteiger partial charge in [-0.25, -0.2) is 4.79 Å². The minimum atomic E-state index is -0.333. The topological polar surface area (TPSA) is 68.8 Å². The number of anilines is 1. The molecule has 2 aromatic rings. The molecule has 0 bridgehead atoms. The molecule has 0 aliphatic carbocycles. The number of ether oxygens (including phenoxy) is 3. The number of carbonyl (C=O) groups is 1. The summed E-state index contributed by atoms with van der Waals surface area (Å²) < 4.78 is 16.1. The first-order valence-electron chi connectivity index (χ1n) is 9.05. The molecule has 2 N–H and O–H groups in total. The van der Waals surface area contributed by atoms with Gasteiger partial charge in [0.15, 0.2) is 16.6 Å². The number of hydrogen-bond donors (Lipinski definition) is 2. The van der Waals surface area contributed by atoms with E-state index in [0.717, 1.165) is 11.3 Å². The van der Waals surface area contributed by atoms with Crippen molar-refractivity contribution in [3.63, 3.8) is 0 Å². The van der Waals surface area contributed by atoms with Gasteiger partial charge in [-0.2, -0.15) is 0 Å². The zero-order valence-electron chi connectivity index (χ0n) is 16.6. The Morgan fingerprint density at radius 1 is 1.18 bits per heavy atom. The molecule has 6 nitrogen and oxygen atoms in total. The Bertz CT molecular complexity index is 826. The van der Waals surface area contributed by atoms with E-state index in [1.54, 1.807) is 26.2 Å².